The van der Waals surface area contributed by atoms with Crippen molar-refractivity contribution in [2.24, 2.45) is 11.1 Å². The van der Waals surface area contributed by atoms with Gasteiger partial charge in [-0.2, -0.15) is 13.2 Å². The lowest BCUT2D eigenvalue weighted by Gasteiger charge is -2.37. The molecule has 0 saturated heterocycles. The summed E-state index contributed by atoms with van der Waals surface area (Å²) in [5, 5.41) is 2.29. The van der Waals surface area contributed by atoms with E-state index in [-0.39, 0.29) is 30.0 Å². The van der Waals surface area contributed by atoms with Crippen LogP contribution in [0.5, 0.6) is 0 Å². The van der Waals surface area contributed by atoms with Crippen LogP contribution >= 0.6 is 0 Å². The first-order chi connectivity index (χ1) is 13.2. The monoisotopic (exact) mass is 399 g/mol. The SMILES string of the molecule is CCN(CC(=O)Nc1ccccc1C(F)(F)F)C(=O)CC1(CN)CCCCC1. The second kappa shape index (κ2) is 9.41. The van der Waals surface area contributed by atoms with Crippen molar-refractivity contribution in [2.45, 2.75) is 51.6 Å². The highest BCUT2D eigenvalue weighted by atomic mass is 19.4. The molecule has 156 valence electrons. The van der Waals surface area contributed by atoms with Crippen molar-refractivity contribution in [2.75, 3.05) is 25.0 Å². The number of benzene rings is 1. The van der Waals surface area contributed by atoms with Crippen LogP contribution in [0.15, 0.2) is 24.3 Å². The third-order valence-corrected chi connectivity index (χ3v) is 5.45. The van der Waals surface area contributed by atoms with Crippen LogP contribution in [0.2, 0.25) is 0 Å². The summed E-state index contributed by atoms with van der Waals surface area (Å²) in [6.07, 6.45) is 0.670. The molecule has 2 rings (SSSR count). The Hall–Kier alpha value is -2.09. The van der Waals surface area contributed by atoms with Gasteiger partial charge < -0.3 is 16.0 Å². The number of carbonyl (C=O) groups is 2. The average molecular weight is 399 g/mol. The molecule has 0 unspecified atom stereocenters. The van der Waals surface area contributed by atoms with Gasteiger partial charge >= 0.3 is 6.18 Å². The molecule has 1 saturated carbocycles. The van der Waals surface area contributed by atoms with E-state index >= 15 is 0 Å². The third-order valence-electron chi connectivity index (χ3n) is 5.45. The van der Waals surface area contributed by atoms with Gasteiger partial charge in [0.05, 0.1) is 17.8 Å². The van der Waals surface area contributed by atoms with Crippen molar-refractivity contribution < 1.29 is 22.8 Å². The summed E-state index contributed by atoms with van der Waals surface area (Å²) >= 11 is 0. The highest BCUT2D eigenvalue weighted by Gasteiger charge is 2.35. The molecule has 0 atom stereocenters. The molecule has 1 aliphatic rings. The average Bonchev–Trinajstić information content (AvgIpc) is 2.66. The molecular weight excluding hydrogens is 371 g/mol. The number of hydrogen-bond acceptors (Lipinski definition) is 3. The van der Waals surface area contributed by atoms with Crippen LogP contribution in [0.4, 0.5) is 18.9 Å². The molecule has 28 heavy (non-hydrogen) atoms. The minimum atomic E-state index is -4.57. The summed E-state index contributed by atoms with van der Waals surface area (Å²) in [6.45, 7) is 2.17. The normalized spacial score (nSPS) is 16.5. The number of alkyl halides is 3. The van der Waals surface area contributed by atoms with E-state index in [1.54, 1.807) is 6.92 Å². The summed E-state index contributed by atoms with van der Waals surface area (Å²) in [7, 11) is 0. The van der Waals surface area contributed by atoms with Gasteiger partial charge in [-0.25, -0.2) is 0 Å². The summed E-state index contributed by atoms with van der Waals surface area (Å²) in [5.74, 6) is -0.841. The van der Waals surface area contributed by atoms with Gasteiger partial charge in [-0.15, -0.1) is 0 Å². The molecule has 0 heterocycles. The van der Waals surface area contributed by atoms with E-state index in [1.807, 2.05) is 0 Å². The molecular formula is C20H28F3N3O2. The Morgan fingerprint density at radius 2 is 1.82 bits per heavy atom. The second-order valence-electron chi connectivity index (χ2n) is 7.44. The van der Waals surface area contributed by atoms with Crippen molar-refractivity contribution in [3.8, 4) is 0 Å². The van der Waals surface area contributed by atoms with Crippen LogP contribution < -0.4 is 11.1 Å². The molecule has 0 radical (unpaired) electrons. The number of rotatable bonds is 7. The molecule has 0 bridgehead atoms. The molecule has 1 aromatic rings. The van der Waals surface area contributed by atoms with E-state index in [2.05, 4.69) is 5.32 Å². The maximum Gasteiger partial charge on any atom is 0.418 e. The smallest absolute Gasteiger partial charge is 0.334 e. The quantitative estimate of drug-likeness (QED) is 0.732. The molecule has 0 aromatic heterocycles. The molecule has 1 aliphatic carbocycles. The van der Waals surface area contributed by atoms with Crippen molar-refractivity contribution in [1.29, 1.82) is 0 Å². The van der Waals surface area contributed by atoms with Gasteiger partial charge in [0.15, 0.2) is 0 Å². The summed E-state index contributed by atoms with van der Waals surface area (Å²) in [5.41, 5.74) is 4.47. The van der Waals surface area contributed by atoms with Gasteiger partial charge in [0.1, 0.15) is 0 Å². The zero-order valence-electron chi connectivity index (χ0n) is 16.1. The van der Waals surface area contributed by atoms with E-state index in [1.165, 1.54) is 23.1 Å². The van der Waals surface area contributed by atoms with E-state index in [4.69, 9.17) is 5.73 Å². The van der Waals surface area contributed by atoms with Gasteiger partial charge in [0.25, 0.3) is 0 Å². The highest BCUT2D eigenvalue weighted by Crippen LogP contribution is 2.39. The number of anilines is 1. The number of hydrogen-bond donors (Lipinski definition) is 2. The molecule has 5 nitrogen and oxygen atoms in total. The topological polar surface area (TPSA) is 75.4 Å². The summed E-state index contributed by atoms with van der Waals surface area (Å²) in [6, 6.07) is 4.79. The lowest BCUT2D eigenvalue weighted by atomic mass is 9.71. The van der Waals surface area contributed by atoms with E-state index in [0.29, 0.717) is 13.1 Å². The van der Waals surface area contributed by atoms with Crippen molar-refractivity contribution in [3.05, 3.63) is 29.8 Å². The van der Waals surface area contributed by atoms with E-state index in [9.17, 15) is 22.8 Å². The van der Waals surface area contributed by atoms with Gasteiger partial charge in [0.2, 0.25) is 11.8 Å². The molecule has 1 fully saturated rings. The molecule has 2 amide bonds. The number of halogens is 3. The number of nitrogens with zero attached hydrogens (tertiary/aromatic N) is 1. The number of nitrogens with two attached hydrogens (primary N) is 1. The summed E-state index contributed by atoms with van der Waals surface area (Å²) in [4.78, 5) is 26.4. The molecule has 1 aromatic carbocycles. The minimum absolute atomic E-state index is 0.186. The first-order valence-electron chi connectivity index (χ1n) is 9.65. The van der Waals surface area contributed by atoms with Crippen molar-refractivity contribution >= 4 is 17.5 Å². The Bertz CT molecular complexity index is 686. The molecule has 0 aliphatic heterocycles. The minimum Gasteiger partial charge on any atom is -0.334 e. The van der Waals surface area contributed by atoms with Crippen LogP contribution in [0, 0.1) is 5.41 Å². The molecule has 8 heteroatoms. The van der Waals surface area contributed by atoms with Crippen LogP contribution in [0.1, 0.15) is 51.0 Å². The van der Waals surface area contributed by atoms with E-state index in [0.717, 1.165) is 38.2 Å². The maximum absolute atomic E-state index is 13.1. The number of carbonyl (C=O) groups excluding carboxylic acids is 2. The summed E-state index contributed by atoms with van der Waals surface area (Å²) < 4.78 is 39.2. The molecule has 3 N–H and O–H groups in total. The van der Waals surface area contributed by atoms with Crippen molar-refractivity contribution in [1.82, 2.24) is 4.90 Å². The van der Waals surface area contributed by atoms with Crippen LogP contribution in [0.25, 0.3) is 0 Å². The Morgan fingerprint density at radius 3 is 2.39 bits per heavy atom. The van der Waals surface area contributed by atoms with E-state index < -0.39 is 17.6 Å². The predicted molar refractivity (Wildman–Crippen MR) is 102 cm³/mol. The van der Waals surface area contributed by atoms with Crippen LogP contribution in [0.3, 0.4) is 0 Å². The van der Waals surface area contributed by atoms with Gasteiger partial charge in [-0.1, -0.05) is 31.4 Å². The first kappa shape index (κ1) is 22.2. The zero-order chi connectivity index (χ0) is 20.8. The van der Waals surface area contributed by atoms with Crippen LogP contribution in [-0.4, -0.2) is 36.3 Å². The third kappa shape index (κ3) is 5.70. The Balaban J connectivity index is 2.02. The number of amides is 2. The lowest BCUT2D eigenvalue weighted by molar-refractivity contribution is -0.138. The first-order valence-corrected chi connectivity index (χ1v) is 9.65. The highest BCUT2D eigenvalue weighted by molar-refractivity contribution is 5.95. The number of nitrogens with one attached hydrogen (secondary N) is 1. The fraction of sp³-hybridized carbons (Fsp3) is 0.600. The fourth-order valence-electron chi connectivity index (χ4n) is 3.77. The zero-order valence-corrected chi connectivity index (χ0v) is 16.1. The maximum atomic E-state index is 13.1. The second-order valence-corrected chi connectivity index (χ2v) is 7.44. The van der Waals surface area contributed by atoms with Crippen molar-refractivity contribution in [3.63, 3.8) is 0 Å². The van der Waals surface area contributed by atoms with Gasteiger partial charge in [-0.05, 0) is 43.9 Å². The standard InChI is InChI=1S/C20H28F3N3O2/c1-2-26(18(28)12-19(14-24)10-6-3-7-11-19)13-17(27)25-16-9-5-4-8-15(16)20(21,22)23/h4-5,8-9H,2-3,6-7,10-14,24H2,1H3,(H,25,27). The number of para-hydroxylation sites is 1. The Morgan fingerprint density at radius 1 is 1.18 bits per heavy atom. The van der Waals surface area contributed by atoms with Crippen LogP contribution in [-0.2, 0) is 15.8 Å². The lowest BCUT2D eigenvalue weighted by Crippen LogP contribution is -2.43. The number of likely N-dealkylation sites (N-methyl/N-ethyl adjacent to an activating group) is 1. The largest absolute Gasteiger partial charge is 0.418 e. The Labute approximate surface area is 163 Å². The Kier molecular flexibility index (Phi) is 7.46. The fourth-order valence-corrected chi connectivity index (χ4v) is 3.77. The van der Waals surface area contributed by atoms with Gasteiger partial charge in [0, 0.05) is 13.0 Å². The predicted octanol–water partition coefficient (Wildman–Crippen LogP) is 3.79. The van der Waals surface area contributed by atoms with Gasteiger partial charge in [-0.3, -0.25) is 9.59 Å². The molecule has 0 spiro atoms.